The second-order valence-electron chi connectivity index (χ2n) is 1.87. The monoisotopic (exact) mass is 144 g/mol. The van der Waals surface area contributed by atoms with Gasteiger partial charge in [-0.05, 0) is 18.6 Å². The van der Waals surface area contributed by atoms with E-state index in [1.54, 1.807) is 13.0 Å². The average molecular weight is 144 g/mol. The number of carbonyl (C=O) groups excluding carboxylic acids is 1. The van der Waals surface area contributed by atoms with E-state index in [1.165, 1.54) is 14.2 Å². The molecule has 3 nitrogen and oxygen atoms in total. The Balaban J connectivity index is 3.92. The summed E-state index contributed by atoms with van der Waals surface area (Å²) in [7, 11) is 3.03. The molecule has 0 atom stereocenters. The summed E-state index contributed by atoms with van der Waals surface area (Å²) in [5, 5.41) is 0. The molecule has 0 aliphatic carbocycles. The number of hydrogen-bond acceptors (Lipinski definition) is 3. The highest BCUT2D eigenvalue weighted by Gasteiger charge is 1.98. The standard InChI is InChI=1S/C7H12O3/c1-6(5-8)4-7(9-2)10-3/h4-5,7H,1-3H3/b6-4+. The maximum absolute atomic E-state index is 10.1. The van der Waals surface area contributed by atoms with Gasteiger partial charge in [-0.2, -0.15) is 0 Å². The zero-order valence-corrected chi connectivity index (χ0v) is 6.46. The molecule has 0 aliphatic heterocycles. The first-order chi connectivity index (χ1) is 4.74. The summed E-state index contributed by atoms with van der Waals surface area (Å²) in [6.07, 6.45) is 1.95. The molecule has 58 valence electrons. The Morgan fingerprint density at radius 1 is 1.40 bits per heavy atom. The average Bonchev–Trinajstić information content (AvgIpc) is 1.99. The van der Waals surface area contributed by atoms with Gasteiger partial charge in [0.1, 0.15) is 6.29 Å². The predicted octanol–water partition coefficient (Wildman–Crippen LogP) is 0.751. The SMILES string of the molecule is COC(/C=C(\C)C=O)OC. The van der Waals surface area contributed by atoms with Gasteiger partial charge in [0.25, 0.3) is 0 Å². The zero-order chi connectivity index (χ0) is 7.98. The van der Waals surface area contributed by atoms with Crippen LogP contribution >= 0.6 is 0 Å². The topological polar surface area (TPSA) is 35.5 Å². The quantitative estimate of drug-likeness (QED) is 0.332. The third-order valence-electron chi connectivity index (χ3n) is 1.05. The summed E-state index contributed by atoms with van der Waals surface area (Å²) in [4.78, 5) is 10.1. The van der Waals surface area contributed by atoms with Crippen LogP contribution in [-0.2, 0) is 14.3 Å². The molecule has 0 aliphatic rings. The molecule has 0 aromatic carbocycles. The third kappa shape index (κ3) is 3.37. The predicted molar refractivity (Wildman–Crippen MR) is 37.6 cm³/mol. The lowest BCUT2D eigenvalue weighted by Gasteiger charge is -2.07. The molecule has 0 rings (SSSR count). The van der Waals surface area contributed by atoms with Crippen LogP contribution in [0.4, 0.5) is 0 Å². The molecule has 0 bridgehead atoms. The first kappa shape index (κ1) is 9.33. The number of ether oxygens (including phenoxy) is 2. The summed E-state index contributed by atoms with van der Waals surface area (Å²) < 4.78 is 9.63. The highest BCUT2D eigenvalue weighted by molar-refractivity contribution is 5.72. The molecule has 0 spiro atoms. The summed E-state index contributed by atoms with van der Waals surface area (Å²) in [6, 6.07) is 0. The van der Waals surface area contributed by atoms with Gasteiger partial charge in [-0.3, -0.25) is 4.79 Å². The largest absolute Gasteiger partial charge is 0.352 e. The minimum absolute atomic E-state index is 0.412. The highest BCUT2D eigenvalue weighted by atomic mass is 16.7. The van der Waals surface area contributed by atoms with E-state index in [9.17, 15) is 4.79 Å². The normalized spacial score (nSPS) is 12.2. The number of hydrogen-bond donors (Lipinski definition) is 0. The van der Waals surface area contributed by atoms with Gasteiger partial charge >= 0.3 is 0 Å². The number of rotatable bonds is 4. The molecule has 0 saturated heterocycles. The van der Waals surface area contributed by atoms with Gasteiger partial charge in [-0.15, -0.1) is 0 Å². The van der Waals surface area contributed by atoms with Gasteiger partial charge in [-0.25, -0.2) is 0 Å². The van der Waals surface area contributed by atoms with E-state index >= 15 is 0 Å². The Bertz CT molecular complexity index is 125. The summed E-state index contributed by atoms with van der Waals surface area (Å²) in [5.74, 6) is 0. The maximum Gasteiger partial charge on any atom is 0.176 e. The lowest BCUT2D eigenvalue weighted by Crippen LogP contribution is -2.09. The van der Waals surface area contributed by atoms with E-state index in [4.69, 9.17) is 9.47 Å². The van der Waals surface area contributed by atoms with Crippen LogP contribution < -0.4 is 0 Å². The molecular weight excluding hydrogens is 132 g/mol. The lowest BCUT2D eigenvalue weighted by atomic mass is 10.3. The van der Waals surface area contributed by atoms with Crippen LogP contribution in [0.1, 0.15) is 6.92 Å². The zero-order valence-electron chi connectivity index (χ0n) is 6.46. The highest BCUT2D eigenvalue weighted by Crippen LogP contribution is 1.96. The van der Waals surface area contributed by atoms with Gasteiger partial charge in [-0.1, -0.05) is 0 Å². The van der Waals surface area contributed by atoms with Crippen molar-refractivity contribution in [3.05, 3.63) is 11.6 Å². The third-order valence-corrected chi connectivity index (χ3v) is 1.05. The van der Waals surface area contributed by atoms with Crippen LogP contribution in [0.25, 0.3) is 0 Å². The first-order valence-electron chi connectivity index (χ1n) is 2.93. The van der Waals surface area contributed by atoms with Crippen molar-refractivity contribution < 1.29 is 14.3 Å². The summed E-state index contributed by atoms with van der Waals surface area (Å²) >= 11 is 0. The van der Waals surface area contributed by atoms with E-state index in [0.29, 0.717) is 5.57 Å². The van der Waals surface area contributed by atoms with Gasteiger partial charge in [0.05, 0.1) is 0 Å². The smallest absolute Gasteiger partial charge is 0.176 e. The van der Waals surface area contributed by atoms with Crippen LogP contribution in [-0.4, -0.2) is 26.8 Å². The number of allylic oxidation sites excluding steroid dienone is 1. The fourth-order valence-electron chi connectivity index (χ4n) is 0.486. The number of carbonyl (C=O) groups is 1. The van der Waals surface area contributed by atoms with Gasteiger partial charge in [0.15, 0.2) is 6.29 Å². The lowest BCUT2D eigenvalue weighted by molar-refractivity contribution is -0.105. The van der Waals surface area contributed by atoms with Gasteiger partial charge < -0.3 is 9.47 Å². The summed E-state index contributed by atoms with van der Waals surface area (Å²) in [6.45, 7) is 1.69. The van der Waals surface area contributed by atoms with Crippen molar-refractivity contribution in [3.8, 4) is 0 Å². The van der Waals surface area contributed by atoms with Crippen LogP contribution in [0.15, 0.2) is 11.6 Å². The molecule has 0 radical (unpaired) electrons. The molecule has 0 unspecified atom stereocenters. The summed E-state index contributed by atoms with van der Waals surface area (Å²) in [5.41, 5.74) is 0.605. The van der Waals surface area contributed by atoms with Crippen molar-refractivity contribution in [3.63, 3.8) is 0 Å². The molecule has 0 saturated carbocycles. The minimum Gasteiger partial charge on any atom is -0.352 e. The molecule has 0 aromatic heterocycles. The van der Waals surface area contributed by atoms with E-state index in [1.807, 2.05) is 0 Å². The Labute approximate surface area is 60.6 Å². The van der Waals surface area contributed by atoms with Crippen molar-refractivity contribution in [2.24, 2.45) is 0 Å². The maximum atomic E-state index is 10.1. The molecule has 0 heterocycles. The van der Waals surface area contributed by atoms with Crippen LogP contribution in [0.2, 0.25) is 0 Å². The fraction of sp³-hybridized carbons (Fsp3) is 0.571. The van der Waals surface area contributed by atoms with Crippen molar-refractivity contribution in [2.75, 3.05) is 14.2 Å². The van der Waals surface area contributed by atoms with E-state index in [0.717, 1.165) is 6.29 Å². The van der Waals surface area contributed by atoms with Crippen LogP contribution in [0.5, 0.6) is 0 Å². The Kier molecular flexibility index (Phi) is 4.80. The Morgan fingerprint density at radius 3 is 2.20 bits per heavy atom. The molecule has 0 aromatic rings. The molecule has 0 amide bonds. The van der Waals surface area contributed by atoms with Crippen LogP contribution in [0.3, 0.4) is 0 Å². The van der Waals surface area contributed by atoms with Crippen molar-refractivity contribution in [1.29, 1.82) is 0 Å². The number of aldehydes is 1. The van der Waals surface area contributed by atoms with Crippen molar-refractivity contribution in [1.82, 2.24) is 0 Å². The van der Waals surface area contributed by atoms with E-state index < -0.39 is 6.29 Å². The van der Waals surface area contributed by atoms with Gasteiger partial charge in [0.2, 0.25) is 0 Å². The molecule has 0 N–H and O–H groups in total. The number of methoxy groups -OCH3 is 2. The Hall–Kier alpha value is -0.670. The second-order valence-corrected chi connectivity index (χ2v) is 1.87. The van der Waals surface area contributed by atoms with Crippen molar-refractivity contribution in [2.45, 2.75) is 13.2 Å². The van der Waals surface area contributed by atoms with Gasteiger partial charge in [0, 0.05) is 14.2 Å². The van der Waals surface area contributed by atoms with Crippen molar-refractivity contribution >= 4 is 6.29 Å². The van der Waals surface area contributed by atoms with E-state index in [-0.39, 0.29) is 0 Å². The molecular formula is C7H12O3. The minimum atomic E-state index is -0.412. The Morgan fingerprint density at radius 2 is 1.90 bits per heavy atom. The molecule has 10 heavy (non-hydrogen) atoms. The first-order valence-corrected chi connectivity index (χ1v) is 2.93. The molecule has 3 heteroatoms. The second kappa shape index (κ2) is 5.14. The molecule has 0 fully saturated rings. The van der Waals surface area contributed by atoms with Crippen LogP contribution in [0, 0.1) is 0 Å². The van der Waals surface area contributed by atoms with E-state index in [2.05, 4.69) is 0 Å². The fourth-order valence-corrected chi connectivity index (χ4v) is 0.486.